The van der Waals surface area contributed by atoms with Crippen molar-refractivity contribution in [1.29, 1.82) is 0 Å². The lowest BCUT2D eigenvalue weighted by Crippen LogP contribution is -2.69. The third-order valence-electron chi connectivity index (χ3n) is 10.7. The van der Waals surface area contributed by atoms with E-state index in [0.717, 1.165) is 11.1 Å². The number of fused-ring (bicyclic) bond motifs is 4. The van der Waals surface area contributed by atoms with Crippen LogP contribution in [0, 0.1) is 5.41 Å². The summed E-state index contributed by atoms with van der Waals surface area (Å²) in [6.07, 6.45) is -6.30. The number of nitrogens with one attached hydrogen (secondary N) is 2. The molecule has 12 atom stereocenters. The third kappa shape index (κ3) is 9.49. The van der Waals surface area contributed by atoms with Crippen LogP contribution in [0.15, 0.2) is 30.3 Å². The number of aliphatic hydroxyl groups excluding tert-OH is 5. The van der Waals surface area contributed by atoms with Gasteiger partial charge >= 0.3 is 11.9 Å². The zero-order chi connectivity index (χ0) is 41.1. The Morgan fingerprint density at radius 1 is 1.04 bits per heavy atom. The van der Waals surface area contributed by atoms with E-state index in [4.69, 9.17) is 33.3 Å². The van der Waals surface area contributed by atoms with E-state index in [9.17, 15) is 44.7 Å². The Hall–Kier alpha value is -3.60. The molecule has 1 saturated carbocycles. The van der Waals surface area contributed by atoms with Crippen molar-refractivity contribution < 1.29 is 78.0 Å². The SMILES string of the molecule is CC(C)(C)OC(=O)CCC(CO)NC(=O)CCNC(=O)C12CC3OC(=O)C1N(Cc1ccc(C=CCOC4OC(CO)C(O)C(O)C4O)cc1)OC2C1OCOC31. The van der Waals surface area contributed by atoms with Gasteiger partial charge in [0.1, 0.15) is 66.6 Å². The number of aliphatic hydroxyl groups is 5. The minimum atomic E-state index is -1.54. The van der Waals surface area contributed by atoms with E-state index in [0.29, 0.717) is 0 Å². The first-order chi connectivity index (χ1) is 27.1. The van der Waals surface area contributed by atoms with Gasteiger partial charge in [0.15, 0.2) is 12.3 Å². The molecule has 57 heavy (non-hydrogen) atoms. The number of carbonyl (C=O) groups excluding carboxylic acids is 4. The third-order valence-corrected chi connectivity index (χ3v) is 10.7. The van der Waals surface area contributed by atoms with Crippen molar-refractivity contribution in [2.24, 2.45) is 5.41 Å². The highest BCUT2D eigenvalue weighted by molar-refractivity contribution is 5.94. The Morgan fingerprint density at radius 2 is 1.77 bits per heavy atom. The van der Waals surface area contributed by atoms with Crippen molar-refractivity contribution in [3.63, 3.8) is 0 Å². The van der Waals surface area contributed by atoms with E-state index < -0.39 is 115 Å². The Labute approximate surface area is 329 Å². The van der Waals surface area contributed by atoms with Crippen molar-refractivity contribution in [1.82, 2.24) is 15.7 Å². The fourth-order valence-electron chi connectivity index (χ4n) is 7.93. The van der Waals surface area contributed by atoms with Crippen LogP contribution in [0.4, 0.5) is 0 Å². The summed E-state index contributed by atoms with van der Waals surface area (Å²) in [5.74, 6) is -2.05. The molecule has 19 nitrogen and oxygen atoms in total. The highest BCUT2D eigenvalue weighted by Crippen LogP contribution is 2.55. The molecule has 0 radical (unpaired) electrons. The molecule has 0 spiro atoms. The van der Waals surface area contributed by atoms with Crippen molar-refractivity contribution in [2.75, 3.05) is 33.2 Å². The largest absolute Gasteiger partial charge is 0.460 e. The van der Waals surface area contributed by atoms with Gasteiger partial charge in [0.25, 0.3) is 0 Å². The molecule has 1 aromatic carbocycles. The van der Waals surface area contributed by atoms with Crippen molar-refractivity contribution >= 4 is 29.8 Å². The van der Waals surface area contributed by atoms with Crippen LogP contribution in [0.5, 0.6) is 0 Å². The number of carbonyl (C=O) groups is 4. The van der Waals surface area contributed by atoms with Crippen LogP contribution in [-0.2, 0) is 59.0 Å². The lowest BCUT2D eigenvalue weighted by Gasteiger charge is -2.48. The topological polar surface area (TPSA) is 261 Å². The average molecular weight is 808 g/mol. The van der Waals surface area contributed by atoms with Gasteiger partial charge < -0.3 is 64.6 Å². The van der Waals surface area contributed by atoms with Gasteiger partial charge in [0.2, 0.25) is 11.8 Å². The van der Waals surface area contributed by atoms with E-state index in [1.54, 1.807) is 32.9 Å². The first-order valence-corrected chi connectivity index (χ1v) is 19.1. The number of rotatable bonds is 16. The second-order valence-corrected chi connectivity index (χ2v) is 15.9. The maximum absolute atomic E-state index is 14.2. The molecule has 4 saturated heterocycles. The molecular formula is C38H53N3O16. The molecule has 5 fully saturated rings. The standard InChI is InChI=1S/C38H53N3O16/c1-37(2,3)56-26(45)11-10-22(17-42)40-25(44)12-13-39-36(50)38-15-23-30-31(53-19-52-30)33(38)57-41(32(38)34(49)54-23)16-21-8-6-20(7-9-21)5-4-14-51-35-29(48)28(47)27(46)24(18-43)55-35/h4-9,22-24,27-33,35,42-43,46-48H,10-19H2,1-3H3,(H,39,50)(H,40,44). The lowest BCUT2D eigenvalue weighted by atomic mass is 9.62. The number of amides is 2. The van der Waals surface area contributed by atoms with Gasteiger partial charge in [-0.2, -0.15) is 5.06 Å². The predicted molar refractivity (Wildman–Crippen MR) is 193 cm³/mol. The number of benzene rings is 1. The first-order valence-electron chi connectivity index (χ1n) is 19.1. The van der Waals surface area contributed by atoms with Crippen LogP contribution in [0.3, 0.4) is 0 Å². The smallest absolute Gasteiger partial charge is 0.327 e. The van der Waals surface area contributed by atoms with Gasteiger partial charge in [-0.05, 0) is 38.3 Å². The second-order valence-electron chi connectivity index (χ2n) is 15.9. The summed E-state index contributed by atoms with van der Waals surface area (Å²) in [5.41, 5.74) is -0.556. The predicted octanol–water partition coefficient (Wildman–Crippen LogP) is -1.84. The van der Waals surface area contributed by atoms with Crippen molar-refractivity contribution in [2.45, 2.75) is 126 Å². The molecule has 2 bridgehead atoms. The number of hydrogen-bond donors (Lipinski definition) is 7. The minimum Gasteiger partial charge on any atom is -0.460 e. The van der Waals surface area contributed by atoms with Crippen LogP contribution in [0.1, 0.15) is 57.6 Å². The highest BCUT2D eigenvalue weighted by Gasteiger charge is 2.74. The molecule has 5 aliphatic rings. The number of esters is 2. The normalized spacial score (nSPS) is 34.1. The van der Waals surface area contributed by atoms with Crippen molar-refractivity contribution in [3.8, 4) is 0 Å². The summed E-state index contributed by atoms with van der Waals surface area (Å²) < 4.78 is 33.6. The Bertz CT molecular complexity index is 1620. The van der Waals surface area contributed by atoms with Gasteiger partial charge in [-0.1, -0.05) is 36.4 Å². The molecule has 6 rings (SSSR count). The summed E-state index contributed by atoms with van der Waals surface area (Å²) >= 11 is 0. The van der Waals surface area contributed by atoms with Gasteiger partial charge in [-0.25, -0.2) is 0 Å². The number of hydroxylamine groups is 2. The Kier molecular flexibility index (Phi) is 13.7. The molecule has 1 aliphatic carbocycles. The van der Waals surface area contributed by atoms with Crippen LogP contribution >= 0.6 is 0 Å². The zero-order valence-electron chi connectivity index (χ0n) is 32.1. The minimum absolute atomic E-state index is 0.000293. The summed E-state index contributed by atoms with van der Waals surface area (Å²) in [5, 5.41) is 56.2. The number of nitrogens with zero attached hydrogens (tertiary/aromatic N) is 1. The van der Waals surface area contributed by atoms with Crippen LogP contribution in [0.2, 0.25) is 0 Å². The fraction of sp³-hybridized carbons (Fsp3) is 0.684. The Morgan fingerprint density at radius 3 is 2.47 bits per heavy atom. The lowest BCUT2D eigenvalue weighted by molar-refractivity contribution is -0.298. The molecule has 4 heterocycles. The van der Waals surface area contributed by atoms with Crippen LogP contribution < -0.4 is 10.6 Å². The zero-order valence-corrected chi connectivity index (χ0v) is 32.1. The van der Waals surface area contributed by atoms with Gasteiger partial charge in [0.05, 0.1) is 32.4 Å². The molecular weight excluding hydrogens is 754 g/mol. The summed E-state index contributed by atoms with van der Waals surface area (Å²) in [4.78, 5) is 59.2. The van der Waals surface area contributed by atoms with E-state index >= 15 is 0 Å². The van der Waals surface area contributed by atoms with E-state index in [-0.39, 0.29) is 52.2 Å². The molecule has 7 N–H and O–H groups in total. The maximum Gasteiger partial charge on any atom is 0.327 e. The average Bonchev–Trinajstić information content (AvgIpc) is 3.80. The molecule has 19 heteroatoms. The first kappa shape index (κ1) is 43.0. The number of hydrogen-bond acceptors (Lipinski definition) is 17. The second kappa shape index (κ2) is 18.1. The number of ether oxygens (including phenoxy) is 6. The fourth-order valence-corrected chi connectivity index (χ4v) is 7.93. The molecule has 316 valence electrons. The van der Waals surface area contributed by atoms with Crippen LogP contribution in [-0.4, -0.2) is 160 Å². The van der Waals surface area contributed by atoms with Gasteiger partial charge in [-0.15, -0.1) is 0 Å². The Balaban J connectivity index is 1.06. The monoisotopic (exact) mass is 807 g/mol. The summed E-state index contributed by atoms with van der Waals surface area (Å²) in [6.45, 7) is 4.23. The van der Waals surface area contributed by atoms with Crippen molar-refractivity contribution in [3.05, 3.63) is 41.5 Å². The maximum atomic E-state index is 14.2. The van der Waals surface area contributed by atoms with E-state index in [1.807, 2.05) is 24.3 Å². The molecule has 1 aromatic rings. The highest BCUT2D eigenvalue weighted by atomic mass is 16.8. The van der Waals surface area contributed by atoms with E-state index in [2.05, 4.69) is 10.6 Å². The molecule has 12 unspecified atom stereocenters. The van der Waals surface area contributed by atoms with Crippen LogP contribution in [0.25, 0.3) is 6.08 Å². The molecule has 4 aliphatic heterocycles. The quantitative estimate of drug-likeness (QED) is 0.0906. The summed E-state index contributed by atoms with van der Waals surface area (Å²) in [7, 11) is 0. The van der Waals surface area contributed by atoms with Gasteiger partial charge in [-0.3, -0.25) is 24.0 Å². The molecule has 0 aromatic heterocycles. The molecule has 2 amide bonds. The summed E-state index contributed by atoms with van der Waals surface area (Å²) in [6, 6.07) is 5.44. The van der Waals surface area contributed by atoms with E-state index in [1.165, 1.54) is 5.06 Å². The van der Waals surface area contributed by atoms with Gasteiger partial charge in [0, 0.05) is 25.8 Å².